The summed E-state index contributed by atoms with van der Waals surface area (Å²) < 4.78 is 27.6. The van der Waals surface area contributed by atoms with E-state index in [0.717, 1.165) is 72.6 Å². The minimum Gasteiger partial charge on any atom is -0.485 e. The zero-order valence-electron chi connectivity index (χ0n) is 37.6. The molecule has 1 saturated heterocycles. The zero-order chi connectivity index (χ0) is 44.7. The first kappa shape index (κ1) is 45.5. The number of nitrogens with one attached hydrogen (secondary N) is 3. The molecule has 3 N–H and O–H groups in total. The van der Waals surface area contributed by atoms with Crippen molar-refractivity contribution >= 4 is 47.0 Å². The van der Waals surface area contributed by atoms with Crippen LogP contribution in [0.1, 0.15) is 71.3 Å². The van der Waals surface area contributed by atoms with E-state index in [2.05, 4.69) is 95.9 Å². The third-order valence-corrected chi connectivity index (χ3v) is 13.0. The molecule has 1 fully saturated rings. The lowest BCUT2D eigenvalue weighted by atomic mass is 9.87. The lowest BCUT2D eigenvalue weighted by Gasteiger charge is -2.43. The van der Waals surface area contributed by atoms with Crippen LogP contribution in [-0.4, -0.2) is 117 Å². The summed E-state index contributed by atoms with van der Waals surface area (Å²) in [6, 6.07) is 12.1. The highest BCUT2D eigenvalue weighted by atomic mass is 32.2. The standard InChI is InChI=1S/C46H62FN13O2S/c1-31(2)62-43-42(35-25-53-54-26-35)52-30-60(49-6)45(43)51-29-50-39-16-14-36(24-38(39)47)63-59-20-10-11-32(28-59)27-58-22-17-33(12-9-19-46(58,3)4)34-13-15-37-40(23-34)57(8)55-44(37)56(7)21-18-41(61)48-5/h9,12-16,23-26,30-33,50H,6,10-11,17-22,27-29H2,1-5,7-8H3,(H,48,61)(H,53,54)/b12-9?,51-45-. The molecule has 0 spiro atoms. The average molecular weight is 880 g/mol. The quantitative estimate of drug-likeness (QED) is 0.0536. The van der Waals surface area contributed by atoms with E-state index in [9.17, 15) is 4.79 Å². The number of carbonyl (C=O) groups excluding carboxylic acids is 1. The highest BCUT2D eigenvalue weighted by Gasteiger charge is 2.32. The van der Waals surface area contributed by atoms with E-state index in [4.69, 9.17) is 14.8 Å². The number of piperidine rings is 1. The second-order valence-electron chi connectivity index (χ2n) is 17.4. The average Bonchev–Trinajstić information content (AvgIpc) is 3.92. The van der Waals surface area contributed by atoms with E-state index in [1.807, 2.05) is 38.7 Å². The van der Waals surface area contributed by atoms with Crippen LogP contribution in [0, 0.1) is 11.7 Å². The lowest BCUT2D eigenvalue weighted by Crippen LogP contribution is -2.49. The summed E-state index contributed by atoms with van der Waals surface area (Å²) in [6.45, 7) is 16.8. The predicted octanol–water partition coefficient (Wildman–Crippen LogP) is 7.03. The van der Waals surface area contributed by atoms with Gasteiger partial charge in [-0.15, -0.1) is 0 Å². The molecule has 63 heavy (non-hydrogen) atoms. The monoisotopic (exact) mass is 879 g/mol. The second-order valence-corrected chi connectivity index (χ2v) is 18.5. The first-order valence-electron chi connectivity index (χ1n) is 21.8. The van der Waals surface area contributed by atoms with Crippen LogP contribution in [-0.2, 0) is 11.8 Å². The van der Waals surface area contributed by atoms with Gasteiger partial charge in [0, 0.05) is 94.0 Å². The van der Waals surface area contributed by atoms with Crippen molar-refractivity contribution in [1.82, 2.24) is 44.2 Å². The Balaban J connectivity index is 0.968. The number of hydrogen-bond acceptors (Lipinski definition) is 12. The molecule has 17 heteroatoms. The van der Waals surface area contributed by atoms with Crippen molar-refractivity contribution in [3.63, 3.8) is 0 Å². The minimum absolute atomic E-state index is 0.0194. The van der Waals surface area contributed by atoms with Gasteiger partial charge in [0.25, 0.3) is 0 Å². The number of fused-ring (bicyclic) bond motifs is 1. The minimum atomic E-state index is -0.343. The Hall–Kier alpha value is -5.52. The zero-order valence-corrected chi connectivity index (χ0v) is 38.5. The molecule has 2 aliphatic rings. The summed E-state index contributed by atoms with van der Waals surface area (Å²) in [5.41, 5.74) is 4.47. The summed E-state index contributed by atoms with van der Waals surface area (Å²) in [5.74, 6) is 1.80. The van der Waals surface area contributed by atoms with E-state index in [1.54, 1.807) is 43.5 Å². The first-order valence-corrected chi connectivity index (χ1v) is 22.6. The fraction of sp³-hybridized carbons (Fsp3) is 0.478. The second kappa shape index (κ2) is 20.3. The molecule has 0 radical (unpaired) electrons. The SMILES string of the molecule is C=Nn1cnc(-c2cn[nH]c2)c(OC(C)C)/c1=N/CNc1ccc(SN2CCCC(CN3CCC(c4ccc5c(N(C)CCC(=O)NC)nn(C)c5c4)C=CCC3(C)C)C2)cc1F. The van der Waals surface area contributed by atoms with Gasteiger partial charge in [0.2, 0.25) is 5.91 Å². The highest BCUT2D eigenvalue weighted by molar-refractivity contribution is 7.97. The number of hydrogen-bond donors (Lipinski definition) is 3. The Morgan fingerprint density at radius 2 is 2.03 bits per heavy atom. The number of amides is 1. The first-order chi connectivity index (χ1) is 30.3. The van der Waals surface area contributed by atoms with Gasteiger partial charge in [-0.25, -0.2) is 23.3 Å². The number of carbonyl (C=O) groups is 1. The highest BCUT2D eigenvalue weighted by Crippen LogP contribution is 2.36. The molecule has 0 saturated carbocycles. The molecule has 1 amide bonds. The molecule has 3 aromatic heterocycles. The Kier molecular flexibility index (Phi) is 14.7. The number of aryl methyl sites for hydroxylation is 1. The molecule has 2 aromatic carbocycles. The van der Waals surface area contributed by atoms with Crippen LogP contribution < -0.4 is 25.8 Å². The number of H-pyrrole nitrogens is 1. The number of benzene rings is 2. The number of halogens is 1. The van der Waals surface area contributed by atoms with Crippen LogP contribution in [0.3, 0.4) is 0 Å². The Morgan fingerprint density at radius 1 is 1.19 bits per heavy atom. The van der Waals surface area contributed by atoms with Crippen molar-refractivity contribution in [2.45, 2.75) is 82.3 Å². The molecule has 2 unspecified atom stereocenters. The number of aromatic nitrogens is 6. The number of rotatable bonds is 16. The van der Waals surface area contributed by atoms with Crippen LogP contribution in [0.2, 0.25) is 0 Å². The fourth-order valence-electron chi connectivity index (χ4n) is 8.46. The van der Waals surface area contributed by atoms with Gasteiger partial charge in [-0.05, 0) is 114 Å². The van der Waals surface area contributed by atoms with Crippen molar-refractivity contribution in [2.24, 2.45) is 23.1 Å². The van der Waals surface area contributed by atoms with Crippen molar-refractivity contribution < 1.29 is 13.9 Å². The topological polar surface area (TPSA) is 149 Å². The molecule has 5 aromatic rings. The van der Waals surface area contributed by atoms with Crippen LogP contribution in [0.5, 0.6) is 5.75 Å². The van der Waals surface area contributed by atoms with Crippen molar-refractivity contribution in [1.29, 1.82) is 0 Å². The van der Waals surface area contributed by atoms with Gasteiger partial charge in [0.15, 0.2) is 17.1 Å². The summed E-state index contributed by atoms with van der Waals surface area (Å²) in [6.07, 6.45) is 14.2. The van der Waals surface area contributed by atoms with Crippen molar-refractivity contribution in [3.8, 4) is 17.0 Å². The van der Waals surface area contributed by atoms with E-state index >= 15 is 4.39 Å². The molecule has 336 valence electrons. The Bertz CT molecular complexity index is 2460. The summed E-state index contributed by atoms with van der Waals surface area (Å²) in [7, 11) is 5.65. The fourth-order valence-corrected chi connectivity index (χ4v) is 9.55. The van der Waals surface area contributed by atoms with Gasteiger partial charge in [-0.3, -0.25) is 19.5 Å². The largest absolute Gasteiger partial charge is 0.485 e. The number of anilines is 2. The molecule has 2 aliphatic heterocycles. The smallest absolute Gasteiger partial charge is 0.221 e. The summed E-state index contributed by atoms with van der Waals surface area (Å²) in [4.78, 5) is 26.7. The van der Waals surface area contributed by atoms with Crippen LogP contribution in [0.4, 0.5) is 15.9 Å². The summed E-state index contributed by atoms with van der Waals surface area (Å²) >= 11 is 1.63. The van der Waals surface area contributed by atoms with Gasteiger partial charge in [-0.2, -0.15) is 15.3 Å². The van der Waals surface area contributed by atoms with Crippen LogP contribution >= 0.6 is 11.9 Å². The molecule has 15 nitrogen and oxygen atoms in total. The normalized spacial score (nSPS) is 18.7. The molecule has 0 bridgehead atoms. The van der Waals surface area contributed by atoms with E-state index in [1.165, 1.54) is 23.0 Å². The third kappa shape index (κ3) is 11.0. The number of aromatic amines is 1. The maximum atomic E-state index is 15.6. The van der Waals surface area contributed by atoms with Crippen LogP contribution in [0.25, 0.3) is 22.2 Å². The number of ether oxygens (including phenoxy) is 1. The molecule has 2 atom stereocenters. The summed E-state index contributed by atoms with van der Waals surface area (Å²) in [5, 5.41) is 22.7. The maximum absolute atomic E-state index is 15.6. The van der Waals surface area contributed by atoms with Gasteiger partial charge in [-0.1, -0.05) is 18.2 Å². The lowest BCUT2D eigenvalue weighted by molar-refractivity contribution is -0.120. The molecule has 5 heterocycles. The van der Waals surface area contributed by atoms with Gasteiger partial charge < -0.3 is 20.3 Å². The maximum Gasteiger partial charge on any atom is 0.221 e. The van der Waals surface area contributed by atoms with Crippen LogP contribution in [0.15, 0.2) is 82.3 Å². The number of allylic oxidation sites excluding steroid dienone is 1. The van der Waals surface area contributed by atoms with Crippen molar-refractivity contribution in [2.75, 3.05) is 63.7 Å². The predicted molar refractivity (Wildman–Crippen MR) is 251 cm³/mol. The molecular weight excluding hydrogens is 818 g/mol. The van der Waals surface area contributed by atoms with Crippen molar-refractivity contribution in [3.05, 3.63) is 84.1 Å². The van der Waals surface area contributed by atoms with Gasteiger partial charge in [0.05, 0.1) is 23.5 Å². The Morgan fingerprint density at radius 3 is 2.78 bits per heavy atom. The Labute approximate surface area is 374 Å². The van der Waals surface area contributed by atoms with Gasteiger partial charge >= 0.3 is 0 Å². The number of nitrogens with zero attached hydrogens (tertiary/aromatic N) is 10. The van der Waals surface area contributed by atoms with Gasteiger partial charge in [0.1, 0.15) is 24.5 Å². The van der Waals surface area contributed by atoms with E-state index < -0.39 is 0 Å². The third-order valence-electron chi connectivity index (χ3n) is 12.0. The molecule has 0 aliphatic carbocycles. The van der Waals surface area contributed by atoms with E-state index in [0.29, 0.717) is 47.4 Å². The molecule has 7 rings (SSSR count). The molecular formula is C46H62FN13O2S. The van der Waals surface area contributed by atoms with E-state index in [-0.39, 0.29) is 30.0 Å².